The molecular weight excluding hydrogens is 405 g/mol. The number of esters is 1. The van der Waals surface area contributed by atoms with Crippen LogP contribution in [0, 0.1) is 17.7 Å². The number of pyridine rings is 1. The summed E-state index contributed by atoms with van der Waals surface area (Å²) in [5, 5.41) is 0.539. The number of fused-ring (bicyclic) bond motifs is 1. The van der Waals surface area contributed by atoms with E-state index >= 15 is 0 Å². The van der Waals surface area contributed by atoms with Crippen LogP contribution in [0.25, 0.3) is 5.57 Å². The van der Waals surface area contributed by atoms with Gasteiger partial charge in [0.2, 0.25) is 0 Å². The molecule has 0 saturated heterocycles. The first-order valence-electron chi connectivity index (χ1n) is 10.5. The Labute approximate surface area is 180 Å². The highest BCUT2D eigenvalue weighted by molar-refractivity contribution is 6.30. The van der Waals surface area contributed by atoms with Crippen molar-refractivity contribution in [3.8, 4) is 0 Å². The predicted octanol–water partition coefficient (Wildman–Crippen LogP) is 4.95. The fraction of sp³-hybridized carbons (Fsp3) is 0.478. The third-order valence-electron chi connectivity index (χ3n) is 5.80. The van der Waals surface area contributed by atoms with Gasteiger partial charge in [0.05, 0.1) is 34.6 Å². The Morgan fingerprint density at radius 1 is 1.27 bits per heavy atom. The van der Waals surface area contributed by atoms with Gasteiger partial charge in [0, 0.05) is 23.8 Å². The number of hydrogen-bond donors (Lipinski definition) is 0. The van der Waals surface area contributed by atoms with Crippen molar-refractivity contribution in [2.24, 2.45) is 11.8 Å². The molecule has 5 nitrogen and oxygen atoms in total. The summed E-state index contributed by atoms with van der Waals surface area (Å²) < 4.78 is 20.1. The smallest absolute Gasteiger partial charge is 0.309 e. The molecule has 1 fully saturated rings. The highest BCUT2D eigenvalue weighted by atomic mass is 35.5. The number of rotatable bonds is 5. The number of halogens is 2. The number of aromatic nitrogens is 3. The van der Waals surface area contributed by atoms with Crippen LogP contribution in [0.5, 0.6) is 0 Å². The lowest BCUT2D eigenvalue weighted by atomic mass is 9.77. The number of allylic oxidation sites excluding steroid dienone is 1. The fourth-order valence-corrected chi connectivity index (χ4v) is 4.55. The molecule has 158 valence electrons. The number of carbonyl (C=O) groups is 1. The number of hydrogen-bond acceptors (Lipinski definition) is 5. The molecule has 2 atom stereocenters. The van der Waals surface area contributed by atoms with Gasteiger partial charge < -0.3 is 4.74 Å². The molecule has 2 heterocycles. The first-order chi connectivity index (χ1) is 14.4. The van der Waals surface area contributed by atoms with E-state index in [1.165, 1.54) is 6.20 Å². The zero-order chi connectivity index (χ0) is 21.3. The molecule has 2 aromatic heterocycles. The Balaban J connectivity index is 1.59. The molecule has 30 heavy (non-hydrogen) atoms. The summed E-state index contributed by atoms with van der Waals surface area (Å²) >= 11 is 6.11. The van der Waals surface area contributed by atoms with Gasteiger partial charge in [-0.15, -0.1) is 0 Å². The van der Waals surface area contributed by atoms with E-state index in [1.807, 2.05) is 26.0 Å². The van der Waals surface area contributed by atoms with Gasteiger partial charge in [0.1, 0.15) is 0 Å². The molecule has 0 N–H and O–H groups in total. The van der Waals surface area contributed by atoms with Crippen LogP contribution in [0.1, 0.15) is 62.3 Å². The normalized spacial score (nSPS) is 20.8. The molecule has 0 aromatic carbocycles. The van der Waals surface area contributed by atoms with E-state index in [0.29, 0.717) is 29.4 Å². The number of ether oxygens (including phenoxy) is 1. The van der Waals surface area contributed by atoms with Gasteiger partial charge in [-0.05, 0) is 45.1 Å². The summed E-state index contributed by atoms with van der Waals surface area (Å²) in [5.41, 5.74) is 2.96. The second kappa shape index (κ2) is 8.80. The van der Waals surface area contributed by atoms with Gasteiger partial charge in [0.15, 0.2) is 11.6 Å². The van der Waals surface area contributed by atoms with Gasteiger partial charge in [-0.3, -0.25) is 9.78 Å². The van der Waals surface area contributed by atoms with E-state index in [0.717, 1.165) is 42.5 Å². The molecule has 2 aromatic rings. The average molecular weight is 430 g/mol. The van der Waals surface area contributed by atoms with Crippen LogP contribution in [0.2, 0.25) is 5.02 Å². The Kier molecular flexibility index (Phi) is 6.14. The monoisotopic (exact) mass is 429 g/mol. The highest BCUT2D eigenvalue weighted by Crippen LogP contribution is 2.35. The summed E-state index contributed by atoms with van der Waals surface area (Å²) in [6.07, 6.45) is 9.40. The fourth-order valence-electron chi connectivity index (χ4n) is 4.39. The van der Waals surface area contributed by atoms with Crippen LogP contribution >= 0.6 is 11.6 Å². The molecule has 2 aliphatic rings. The predicted molar refractivity (Wildman–Crippen MR) is 112 cm³/mol. The van der Waals surface area contributed by atoms with Crippen molar-refractivity contribution in [1.29, 1.82) is 0 Å². The van der Waals surface area contributed by atoms with Crippen molar-refractivity contribution in [3.63, 3.8) is 0 Å². The molecule has 1 saturated carbocycles. The lowest BCUT2D eigenvalue weighted by Gasteiger charge is -2.30. The first-order valence-corrected chi connectivity index (χ1v) is 10.9. The van der Waals surface area contributed by atoms with Crippen molar-refractivity contribution < 1.29 is 13.9 Å². The van der Waals surface area contributed by atoms with E-state index in [-0.39, 0.29) is 23.9 Å². The quantitative estimate of drug-likeness (QED) is 0.629. The van der Waals surface area contributed by atoms with Crippen LogP contribution < -0.4 is 0 Å². The third-order valence-corrected chi connectivity index (χ3v) is 6.01. The highest BCUT2D eigenvalue weighted by Gasteiger charge is 2.33. The van der Waals surface area contributed by atoms with Crippen molar-refractivity contribution >= 4 is 23.1 Å². The average Bonchev–Trinajstić information content (AvgIpc) is 3.12. The molecule has 0 unspecified atom stereocenters. The van der Waals surface area contributed by atoms with Crippen LogP contribution in [0.3, 0.4) is 0 Å². The minimum atomic E-state index is -0.441. The maximum atomic E-state index is 14.6. The molecule has 0 aliphatic heterocycles. The van der Waals surface area contributed by atoms with Gasteiger partial charge >= 0.3 is 5.97 Å². The minimum absolute atomic E-state index is 0.0169. The molecule has 4 rings (SSSR count). The summed E-state index contributed by atoms with van der Waals surface area (Å²) in [4.78, 5) is 25.7. The Morgan fingerprint density at radius 2 is 2.07 bits per heavy atom. The molecule has 7 heteroatoms. The second-order valence-electron chi connectivity index (χ2n) is 8.30. The van der Waals surface area contributed by atoms with Gasteiger partial charge in [0.25, 0.3) is 0 Å². The number of nitrogens with zero attached hydrogens (tertiary/aromatic N) is 3. The van der Waals surface area contributed by atoms with Crippen molar-refractivity contribution in [1.82, 2.24) is 15.0 Å². The van der Waals surface area contributed by atoms with Crippen LogP contribution in [0.15, 0.2) is 24.5 Å². The van der Waals surface area contributed by atoms with E-state index in [9.17, 15) is 9.18 Å². The van der Waals surface area contributed by atoms with E-state index < -0.39 is 5.82 Å². The molecule has 0 spiro atoms. The largest absolute Gasteiger partial charge is 0.463 e. The summed E-state index contributed by atoms with van der Waals surface area (Å²) in [7, 11) is 0. The standard InChI is InChI=1S/C23H25ClFN3O2/c1-13(2)30-23(29)16-6-4-3-5-14(16)9-21-19(25)12-27-22(28-21)17-7-8-20-18(17)10-15(24)11-26-20/h7,10-14,16H,3-6,8-9H2,1-2H3/t14-,16+/m1/s1. The Bertz CT molecular complexity index is 992. The topological polar surface area (TPSA) is 65.0 Å². The minimum Gasteiger partial charge on any atom is -0.463 e. The van der Waals surface area contributed by atoms with Gasteiger partial charge in [-0.2, -0.15) is 0 Å². The van der Waals surface area contributed by atoms with E-state index in [1.54, 1.807) is 6.20 Å². The number of carbonyl (C=O) groups excluding carboxylic acids is 1. The van der Waals surface area contributed by atoms with Crippen molar-refractivity contribution in [2.45, 2.75) is 58.5 Å². The lowest BCUT2D eigenvalue weighted by Crippen LogP contribution is -2.32. The Hall–Kier alpha value is -2.34. The summed E-state index contributed by atoms with van der Waals surface area (Å²) in [6, 6.07) is 1.84. The maximum Gasteiger partial charge on any atom is 0.309 e. The summed E-state index contributed by atoms with van der Waals surface area (Å²) in [6.45, 7) is 3.70. The van der Waals surface area contributed by atoms with Gasteiger partial charge in [-0.1, -0.05) is 30.5 Å². The second-order valence-corrected chi connectivity index (χ2v) is 8.74. The summed E-state index contributed by atoms with van der Waals surface area (Å²) in [5.74, 6) is -0.358. The SMILES string of the molecule is CC(C)OC(=O)[C@H]1CCCC[C@@H]1Cc1nc(C2=CCc3ncc(Cl)cc32)ncc1F. The van der Waals surface area contributed by atoms with Crippen molar-refractivity contribution in [2.75, 3.05) is 0 Å². The molecular formula is C23H25ClFN3O2. The zero-order valence-corrected chi connectivity index (χ0v) is 18.0. The molecule has 2 aliphatic carbocycles. The molecule has 0 bridgehead atoms. The van der Waals surface area contributed by atoms with E-state index in [4.69, 9.17) is 16.3 Å². The van der Waals surface area contributed by atoms with Crippen LogP contribution in [0.4, 0.5) is 4.39 Å². The van der Waals surface area contributed by atoms with Gasteiger partial charge in [-0.25, -0.2) is 14.4 Å². The maximum absolute atomic E-state index is 14.6. The molecule has 0 radical (unpaired) electrons. The van der Waals surface area contributed by atoms with Crippen LogP contribution in [-0.2, 0) is 22.4 Å². The lowest BCUT2D eigenvalue weighted by molar-refractivity contribution is -0.155. The van der Waals surface area contributed by atoms with Crippen molar-refractivity contribution in [3.05, 3.63) is 58.2 Å². The van der Waals surface area contributed by atoms with Crippen LogP contribution in [-0.4, -0.2) is 27.0 Å². The zero-order valence-electron chi connectivity index (χ0n) is 17.2. The van der Waals surface area contributed by atoms with E-state index in [2.05, 4.69) is 15.0 Å². The Morgan fingerprint density at radius 3 is 2.87 bits per heavy atom. The third kappa shape index (κ3) is 4.38. The molecule has 0 amide bonds. The first kappa shape index (κ1) is 20.9.